The van der Waals surface area contributed by atoms with Crippen LogP contribution in [0.25, 0.3) is 0 Å². The molecule has 1 saturated carbocycles. The Bertz CT molecular complexity index is 209. The van der Waals surface area contributed by atoms with Gasteiger partial charge in [0.05, 0.1) is 0 Å². The number of piperidine rings is 1. The van der Waals surface area contributed by atoms with Crippen molar-refractivity contribution in [3.8, 4) is 0 Å². The van der Waals surface area contributed by atoms with Gasteiger partial charge in [-0.15, -0.1) is 0 Å². The Morgan fingerprint density at radius 1 is 1.06 bits per heavy atom. The summed E-state index contributed by atoms with van der Waals surface area (Å²) in [6.07, 6.45) is 9.83. The Morgan fingerprint density at radius 2 is 1.76 bits per heavy atom. The van der Waals surface area contributed by atoms with Gasteiger partial charge in [0.2, 0.25) is 0 Å². The highest BCUT2D eigenvalue weighted by molar-refractivity contribution is 4.86. The first-order chi connectivity index (χ1) is 8.31. The molecular formula is C15H30N2. The molecule has 2 unspecified atom stereocenters. The lowest BCUT2D eigenvalue weighted by molar-refractivity contribution is 0.0816. The Hall–Kier alpha value is -0.0800. The summed E-state index contributed by atoms with van der Waals surface area (Å²) in [5.41, 5.74) is 0. The highest BCUT2D eigenvalue weighted by Gasteiger charge is 2.29. The van der Waals surface area contributed by atoms with E-state index in [0.29, 0.717) is 0 Å². The van der Waals surface area contributed by atoms with E-state index >= 15 is 0 Å². The van der Waals surface area contributed by atoms with Crippen LogP contribution in [0, 0.1) is 5.92 Å². The van der Waals surface area contributed by atoms with Gasteiger partial charge < -0.3 is 10.2 Å². The molecule has 100 valence electrons. The molecule has 1 aliphatic heterocycles. The number of nitrogens with one attached hydrogen (secondary N) is 1. The smallest absolute Gasteiger partial charge is 0.0121 e. The van der Waals surface area contributed by atoms with Crippen LogP contribution in [0.5, 0.6) is 0 Å². The van der Waals surface area contributed by atoms with E-state index in [9.17, 15) is 0 Å². The van der Waals surface area contributed by atoms with Gasteiger partial charge in [-0.2, -0.15) is 0 Å². The van der Waals surface area contributed by atoms with E-state index in [2.05, 4.69) is 24.1 Å². The van der Waals surface area contributed by atoms with Crippen LogP contribution in [0.15, 0.2) is 0 Å². The molecule has 0 aromatic rings. The zero-order chi connectivity index (χ0) is 12.1. The summed E-state index contributed by atoms with van der Waals surface area (Å²) in [4.78, 5) is 2.79. The molecular weight excluding hydrogens is 208 g/mol. The monoisotopic (exact) mass is 238 g/mol. The van der Waals surface area contributed by atoms with Crippen LogP contribution >= 0.6 is 0 Å². The number of hydrogen-bond donors (Lipinski definition) is 1. The topological polar surface area (TPSA) is 15.3 Å². The average molecular weight is 238 g/mol. The van der Waals surface area contributed by atoms with Crippen molar-refractivity contribution in [2.45, 2.75) is 70.9 Å². The molecule has 2 heteroatoms. The molecule has 1 heterocycles. The third-order valence-electron chi connectivity index (χ3n) is 4.75. The van der Waals surface area contributed by atoms with Crippen molar-refractivity contribution in [1.29, 1.82) is 0 Å². The maximum absolute atomic E-state index is 3.68. The van der Waals surface area contributed by atoms with Crippen molar-refractivity contribution in [2.75, 3.05) is 19.6 Å². The maximum atomic E-state index is 3.68. The molecule has 0 bridgehead atoms. The van der Waals surface area contributed by atoms with Gasteiger partial charge in [0.15, 0.2) is 0 Å². The molecule has 1 N–H and O–H groups in total. The zero-order valence-electron chi connectivity index (χ0n) is 11.8. The van der Waals surface area contributed by atoms with Gasteiger partial charge >= 0.3 is 0 Å². The van der Waals surface area contributed by atoms with E-state index in [0.717, 1.165) is 18.0 Å². The highest BCUT2D eigenvalue weighted by atomic mass is 15.2. The second-order valence-electron chi connectivity index (χ2n) is 6.09. The van der Waals surface area contributed by atoms with Crippen LogP contribution in [0.2, 0.25) is 0 Å². The third kappa shape index (κ3) is 3.69. The summed E-state index contributed by atoms with van der Waals surface area (Å²) in [6, 6.07) is 1.70. The fourth-order valence-corrected chi connectivity index (χ4v) is 3.62. The molecule has 2 aliphatic rings. The first-order valence-electron chi connectivity index (χ1n) is 7.78. The SMILES string of the molecule is CCCNC1CCN(C2CCCCC2C)CC1. The van der Waals surface area contributed by atoms with Crippen LogP contribution in [0.1, 0.15) is 58.8 Å². The largest absolute Gasteiger partial charge is 0.314 e. The molecule has 0 amide bonds. The van der Waals surface area contributed by atoms with Crippen LogP contribution in [0.3, 0.4) is 0 Å². The third-order valence-corrected chi connectivity index (χ3v) is 4.75. The fraction of sp³-hybridized carbons (Fsp3) is 1.00. The van der Waals surface area contributed by atoms with E-state index in [1.807, 2.05) is 0 Å². The van der Waals surface area contributed by atoms with E-state index < -0.39 is 0 Å². The van der Waals surface area contributed by atoms with E-state index in [4.69, 9.17) is 0 Å². The zero-order valence-corrected chi connectivity index (χ0v) is 11.8. The van der Waals surface area contributed by atoms with Gasteiger partial charge in [-0.1, -0.05) is 26.7 Å². The minimum Gasteiger partial charge on any atom is -0.314 e. The van der Waals surface area contributed by atoms with Gasteiger partial charge in [0.25, 0.3) is 0 Å². The minimum absolute atomic E-state index is 0.796. The lowest BCUT2D eigenvalue weighted by atomic mass is 9.84. The normalized spacial score (nSPS) is 32.8. The van der Waals surface area contributed by atoms with Crippen molar-refractivity contribution < 1.29 is 0 Å². The molecule has 2 nitrogen and oxygen atoms in total. The lowest BCUT2D eigenvalue weighted by Crippen LogP contribution is -2.49. The summed E-state index contributed by atoms with van der Waals surface area (Å²) < 4.78 is 0. The fourth-order valence-electron chi connectivity index (χ4n) is 3.62. The predicted molar refractivity (Wildman–Crippen MR) is 74.3 cm³/mol. The molecule has 2 rings (SSSR count). The number of hydrogen-bond acceptors (Lipinski definition) is 2. The second kappa shape index (κ2) is 6.75. The van der Waals surface area contributed by atoms with Crippen LogP contribution < -0.4 is 5.32 Å². The number of likely N-dealkylation sites (tertiary alicyclic amines) is 1. The summed E-state index contributed by atoms with van der Waals surface area (Å²) >= 11 is 0. The van der Waals surface area contributed by atoms with Crippen molar-refractivity contribution in [1.82, 2.24) is 10.2 Å². The molecule has 2 atom stereocenters. The first kappa shape index (κ1) is 13.4. The van der Waals surface area contributed by atoms with Crippen LogP contribution in [0.4, 0.5) is 0 Å². The van der Waals surface area contributed by atoms with Crippen molar-refractivity contribution in [3.63, 3.8) is 0 Å². The first-order valence-corrected chi connectivity index (χ1v) is 7.78. The molecule has 2 fully saturated rings. The maximum Gasteiger partial charge on any atom is 0.0121 e. The molecule has 0 aromatic carbocycles. The Labute approximate surface area is 107 Å². The minimum atomic E-state index is 0.796. The average Bonchev–Trinajstić information content (AvgIpc) is 2.38. The Balaban J connectivity index is 1.74. The molecule has 17 heavy (non-hydrogen) atoms. The molecule has 0 spiro atoms. The van der Waals surface area contributed by atoms with Gasteiger partial charge in [-0.25, -0.2) is 0 Å². The van der Waals surface area contributed by atoms with Gasteiger partial charge in [-0.05, 0) is 57.7 Å². The van der Waals surface area contributed by atoms with Gasteiger partial charge in [0, 0.05) is 12.1 Å². The highest BCUT2D eigenvalue weighted by Crippen LogP contribution is 2.29. The summed E-state index contributed by atoms with van der Waals surface area (Å²) in [6.45, 7) is 8.58. The van der Waals surface area contributed by atoms with Crippen molar-refractivity contribution in [3.05, 3.63) is 0 Å². The Morgan fingerprint density at radius 3 is 2.41 bits per heavy atom. The van der Waals surface area contributed by atoms with Crippen LogP contribution in [-0.4, -0.2) is 36.6 Å². The lowest BCUT2D eigenvalue weighted by Gasteiger charge is -2.42. The van der Waals surface area contributed by atoms with Crippen molar-refractivity contribution >= 4 is 0 Å². The van der Waals surface area contributed by atoms with E-state index in [1.165, 1.54) is 64.6 Å². The van der Waals surface area contributed by atoms with Crippen molar-refractivity contribution in [2.24, 2.45) is 5.92 Å². The van der Waals surface area contributed by atoms with E-state index in [1.54, 1.807) is 0 Å². The number of nitrogens with zero attached hydrogens (tertiary/aromatic N) is 1. The summed E-state index contributed by atoms with van der Waals surface area (Å²) in [5, 5.41) is 3.68. The Kier molecular flexibility index (Phi) is 5.30. The molecule has 0 aromatic heterocycles. The quantitative estimate of drug-likeness (QED) is 0.810. The molecule has 1 aliphatic carbocycles. The van der Waals surface area contributed by atoms with Gasteiger partial charge in [-0.3, -0.25) is 0 Å². The molecule has 1 saturated heterocycles. The van der Waals surface area contributed by atoms with Crippen LogP contribution in [-0.2, 0) is 0 Å². The standard InChI is InChI=1S/C15H30N2/c1-3-10-16-14-8-11-17(12-9-14)15-7-5-4-6-13(15)2/h13-16H,3-12H2,1-2H3. The summed E-state index contributed by atoms with van der Waals surface area (Å²) in [5.74, 6) is 0.934. The number of rotatable bonds is 4. The molecule has 0 radical (unpaired) electrons. The summed E-state index contributed by atoms with van der Waals surface area (Å²) in [7, 11) is 0. The second-order valence-corrected chi connectivity index (χ2v) is 6.09. The van der Waals surface area contributed by atoms with E-state index in [-0.39, 0.29) is 0 Å². The predicted octanol–water partition coefficient (Wildman–Crippen LogP) is 3.03. The van der Waals surface area contributed by atoms with Gasteiger partial charge in [0.1, 0.15) is 0 Å².